The Morgan fingerprint density at radius 2 is 1.55 bits per heavy atom. The molecule has 0 saturated carbocycles. The Morgan fingerprint density at radius 3 is 2.10 bits per heavy atom. The Morgan fingerprint density at radius 1 is 0.925 bits per heavy atom. The van der Waals surface area contributed by atoms with Gasteiger partial charge in [-0.15, -0.1) is 0 Å². The molecule has 0 aliphatic rings. The van der Waals surface area contributed by atoms with E-state index in [1.807, 2.05) is 13.8 Å². The first-order valence-electron chi connectivity index (χ1n) is 13.2. The summed E-state index contributed by atoms with van der Waals surface area (Å²) in [5, 5.41) is 2.75. The number of benzene rings is 3. The van der Waals surface area contributed by atoms with Crippen LogP contribution in [-0.2, 0) is 26.2 Å². The fraction of sp³-hybridized carbons (Fsp3) is 0.333. The van der Waals surface area contributed by atoms with Gasteiger partial charge in [-0.1, -0.05) is 36.8 Å². The van der Waals surface area contributed by atoms with Crippen LogP contribution in [0.3, 0.4) is 0 Å². The van der Waals surface area contributed by atoms with E-state index in [-0.39, 0.29) is 17.3 Å². The molecule has 3 aromatic rings. The normalized spacial score (nSPS) is 11.9. The summed E-state index contributed by atoms with van der Waals surface area (Å²) >= 11 is 0. The largest absolute Gasteiger partial charge is 0.494 e. The van der Waals surface area contributed by atoms with Gasteiger partial charge in [-0.3, -0.25) is 13.9 Å². The molecule has 0 aromatic heterocycles. The summed E-state index contributed by atoms with van der Waals surface area (Å²) in [6.45, 7) is 7.52. The maximum atomic E-state index is 13.9. The van der Waals surface area contributed by atoms with Gasteiger partial charge in [0.1, 0.15) is 24.2 Å². The van der Waals surface area contributed by atoms with Gasteiger partial charge < -0.3 is 15.0 Å². The van der Waals surface area contributed by atoms with Crippen molar-refractivity contribution in [2.45, 2.75) is 51.6 Å². The van der Waals surface area contributed by atoms with E-state index in [1.54, 1.807) is 50.2 Å². The van der Waals surface area contributed by atoms with Crippen molar-refractivity contribution < 1.29 is 27.1 Å². The molecule has 214 valence electrons. The quantitative estimate of drug-likeness (QED) is 0.323. The van der Waals surface area contributed by atoms with E-state index in [0.29, 0.717) is 36.6 Å². The summed E-state index contributed by atoms with van der Waals surface area (Å²) in [4.78, 5) is 28.2. The first kappa shape index (κ1) is 30.6. The van der Waals surface area contributed by atoms with Crippen molar-refractivity contribution >= 4 is 27.5 Å². The van der Waals surface area contributed by atoms with Gasteiger partial charge in [0.15, 0.2) is 0 Å². The average Bonchev–Trinajstić information content (AvgIpc) is 2.93. The summed E-state index contributed by atoms with van der Waals surface area (Å²) in [5.41, 5.74) is 1.84. The first-order valence-corrected chi connectivity index (χ1v) is 14.7. The van der Waals surface area contributed by atoms with Gasteiger partial charge in [0.2, 0.25) is 11.8 Å². The standard InChI is InChI=1S/C30H36FN3O5S/c1-5-28(30(36)32-6-2)33(20-23-10-12-24(31)13-11-23)29(35)21-34(25-14-8-22(4)9-15-25)40(37,38)27-18-16-26(17-19-27)39-7-3/h8-19,28H,5-7,20-21H2,1-4H3,(H,32,36)/t28-/m1/s1. The molecule has 1 atom stereocenters. The molecule has 10 heteroatoms. The summed E-state index contributed by atoms with van der Waals surface area (Å²) in [6.07, 6.45) is 0.301. The number of ether oxygens (including phenoxy) is 1. The van der Waals surface area contributed by atoms with Crippen molar-refractivity contribution in [2.24, 2.45) is 0 Å². The molecule has 0 bridgehead atoms. The van der Waals surface area contributed by atoms with Crippen LogP contribution in [0.4, 0.5) is 10.1 Å². The van der Waals surface area contributed by atoms with Crippen LogP contribution < -0.4 is 14.4 Å². The third kappa shape index (κ3) is 7.59. The van der Waals surface area contributed by atoms with E-state index in [0.717, 1.165) is 9.87 Å². The van der Waals surface area contributed by atoms with E-state index in [1.165, 1.54) is 41.3 Å². The number of hydrogen-bond acceptors (Lipinski definition) is 5. The lowest BCUT2D eigenvalue weighted by Crippen LogP contribution is -2.52. The zero-order valence-electron chi connectivity index (χ0n) is 23.3. The fourth-order valence-electron chi connectivity index (χ4n) is 4.24. The van der Waals surface area contributed by atoms with Gasteiger partial charge in [-0.05, 0) is 81.3 Å². The van der Waals surface area contributed by atoms with E-state index in [4.69, 9.17) is 4.74 Å². The van der Waals surface area contributed by atoms with Crippen LogP contribution in [0.1, 0.15) is 38.3 Å². The molecule has 3 aromatic carbocycles. The maximum Gasteiger partial charge on any atom is 0.264 e. The van der Waals surface area contributed by atoms with Gasteiger partial charge >= 0.3 is 0 Å². The Labute approximate surface area is 235 Å². The zero-order chi connectivity index (χ0) is 29.3. The highest BCUT2D eigenvalue weighted by molar-refractivity contribution is 7.92. The molecule has 0 radical (unpaired) electrons. The minimum Gasteiger partial charge on any atom is -0.494 e. The van der Waals surface area contributed by atoms with Crippen molar-refractivity contribution in [3.8, 4) is 5.75 Å². The van der Waals surface area contributed by atoms with Gasteiger partial charge in [0, 0.05) is 13.1 Å². The lowest BCUT2D eigenvalue weighted by Gasteiger charge is -2.33. The number of anilines is 1. The Balaban J connectivity index is 2.04. The molecule has 2 amide bonds. The molecule has 1 N–H and O–H groups in total. The molecule has 3 rings (SSSR count). The van der Waals surface area contributed by atoms with Crippen LogP contribution in [-0.4, -0.2) is 50.9 Å². The van der Waals surface area contributed by atoms with E-state index in [9.17, 15) is 22.4 Å². The molecule has 0 spiro atoms. The van der Waals surface area contributed by atoms with E-state index < -0.39 is 34.3 Å². The lowest BCUT2D eigenvalue weighted by molar-refractivity contribution is -0.140. The molecule has 0 unspecified atom stereocenters. The number of hydrogen-bond donors (Lipinski definition) is 1. The molecule has 0 aliphatic heterocycles. The van der Waals surface area contributed by atoms with Crippen LogP contribution >= 0.6 is 0 Å². The number of nitrogens with one attached hydrogen (secondary N) is 1. The van der Waals surface area contributed by atoms with Crippen molar-refractivity contribution in [2.75, 3.05) is 24.0 Å². The van der Waals surface area contributed by atoms with Crippen LogP contribution in [0, 0.1) is 12.7 Å². The lowest BCUT2D eigenvalue weighted by atomic mass is 10.1. The number of likely N-dealkylation sites (N-methyl/N-ethyl adjacent to an activating group) is 1. The molecule has 0 heterocycles. The van der Waals surface area contributed by atoms with Gasteiger partial charge in [-0.2, -0.15) is 0 Å². The monoisotopic (exact) mass is 569 g/mol. The Hall–Kier alpha value is -3.92. The van der Waals surface area contributed by atoms with Crippen LogP contribution in [0.2, 0.25) is 0 Å². The summed E-state index contributed by atoms with van der Waals surface area (Å²) in [6, 6.07) is 17.6. The topological polar surface area (TPSA) is 96.0 Å². The molecule has 0 saturated heterocycles. The second-order valence-corrected chi connectivity index (χ2v) is 11.1. The first-order chi connectivity index (χ1) is 19.1. The third-order valence-electron chi connectivity index (χ3n) is 6.33. The van der Waals surface area contributed by atoms with Crippen molar-refractivity contribution in [1.82, 2.24) is 10.2 Å². The van der Waals surface area contributed by atoms with Crippen LogP contribution in [0.15, 0.2) is 77.7 Å². The summed E-state index contributed by atoms with van der Waals surface area (Å²) in [5.74, 6) is -0.823. The molecule has 0 fully saturated rings. The number of amides is 2. The molecule has 0 aliphatic carbocycles. The molecular formula is C30H36FN3O5S. The maximum absolute atomic E-state index is 13.9. The predicted molar refractivity (Wildman–Crippen MR) is 153 cm³/mol. The Bertz CT molecular complexity index is 1380. The SMILES string of the molecule is CCNC(=O)[C@@H](CC)N(Cc1ccc(F)cc1)C(=O)CN(c1ccc(C)cc1)S(=O)(=O)c1ccc(OCC)cc1. The highest BCUT2D eigenvalue weighted by Crippen LogP contribution is 2.26. The number of halogens is 1. The van der Waals surface area contributed by atoms with E-state index >= 15 is 0 Å². The zero-order valence-corrected chi connectivity index (χ0v) is 24.1. The highest BCUT2D eigenvalue weighted by atomic mass is 32.2. The number of rotatable bonds is 13. The fourth-order valence-corrected chi connectivity index (χ4v) is 5.65. The smallest absolute Gasteiger partial charge is 0.264 e. The second-order valence-electron chi connectivity index (χ2n) is 9.22. The average molecular weight is 570 g/mol. The number of aryl methyl sites for hydroxylation is 1. The summed E-state index contributed by atoms with van der Waals surface area (Å²) in [7, 11) is -4.19. The van der Waals surface area contributed by atoms with Crippen LogP contribution in [0.25, 0.3) is 0 Å². The number of carbonyl (C=O) groups is 2. The molecule has 40 heavy (non-hydrogen) atoms. The highest BCUT2D eigenvalue weighted by Gasteiger charge is 2.33. The van der Waals surface area contributed by atoms with Gasteiger partial charge in [-0.25, -0.2) is 12.8 Å². The van der Waals surface area contributed by atoms with Crippen molar-refractivity contribution in [3.05, 3.63) is 89.7 Å². The minimum absolute atomic E-state index is 0.000403. The predicted octanol–water partition coefficient (Wildman–Crippen LogP) is 4.67. The van der Waals surface area contributed by atoms with Gasteiger partial charge in [0.05, 0.1) is 17.2 Å². The number of nitrogens with zero attached hydrogens (tertiary/aromatic N) is 2. The minimum atomic E-state index is -4.19. The molecule has 8 nitrogen and oxygen atoms in total. The van der Waals surface area contributed by atoms with Gasteiger partial charge in [0.25, 0.3) is 10.0 Å². The van der Waals surface area contributed by atoms with Crippen molar-refractivity contribution in [1.29, 1.82) is 0 Å². The third-order valence-corrected chi connectivity index (χ3v) is 8.11. The Kier molecular flexibility index (Phi) is 10.7. The number of carbonyl (C=O) groups excluding carboxylic acids is 2. The van der Waals surface area contributed by atoms with Crippen molar-refractivity contribution in [3.63, 3.8) is 0 Å². The summed E-state index contributed by atoms with van der Waals surface area (Å²) < 4.78 is 47.9. The van der Waals surface area contributed by atoms with Crippen LogP contribution in [0.5, 0.6) is 5.75 Å². The second kappa shape index (κ2) is 13.9. The number of sulfonamides is 1. The van der Waals surface area contributed by atoms with E-state index in [2.05, 4.69) is 5.32 Å². The molecular weight excluding hydrogens is 533 g/mol.